The summed E-state index contributed by atoms with van der Waals surface area (Å²) < 4.78 is 13.5. The molecule has 0 aliphatic carbocycles. The second-order valence-electron chi connectivity index (χ2n) is 4.22. The monoisotopic (exact) mass is 274 g/mol. The van der Waals surface area contributed by atoms with Crippen molar-refractivity contribution in [2.45, 2.75) is 19.8 Å². The van der Waals surface area contributed by atoms with Gasteiger partial charge in [0.2, 0.25) is 0 Å². The summed E-state index contributed by atoms with van der Waals surface area (Å²) in [5.74, 6) is -1.84. The minimum atomic E-state index is -0.971. The molecule has 1 aromatic carbocycles. The lowest BCUT2D eigenvalue weighted by Gasteiger charge is -2.06. The molecule has 0 N–H and O–H groups in total. The second-order valence-corrected chi connectivity index (χ2v) is 5.11. The van der Waals surface area contributed by atoms with E-state index < -0.39 is 17.5 Å². The maximum absolute atomic E-state index is 13.5. The molecule has 0 radical (unpaired) electrons. The average molecular weight is 274 g/mol. The van der Waals surface area contributed by atoms with E-state index in [1.807, 2.05) is 6.07 Å². The highest BCUT2D eigenvalue weighted by atomic mass is 32.1. The van der Waals surface area contributed by atoms with Gasteiger partial charge in [0.05, 0.1) is 6.07 Å². The van der Waals surface area contributed by atoms with Crippen LogP contribution in [0.2, 0.25) is 0 Å². The maximum Gasteiger partial charge on any atom is 0.187 e. The number of halogens is 1. The Morgan fingerprint density at radius 2 is 2.21 bits per heavy atom. The summed E-state index contributed by atoms with van der Waals surface area (Å²) in [4.78, 5) is 16.4. The zero-order valence-electron chi connectivity index (χ0n) is 10.5. The molecule has 3 nitrogen and oxygen atoms in total. The highest BCUT2D eigenvalue weighted by Crippen LogP contribution is 2.24. The molecule has 0 fully saturated rings. The summed E-state index contributed by atoms with van der Waals surface area (Å²) in [6.07, 6.45) is 0. The molecule has 96 valence electrons. The van der Waals surface area contributed by atoms with E-state index in [0.29, 0.717) is 10.6 Å². The fourth-order valence-electron chi connectivity index (χ4n) is 1.64. The summed E-state index contributed by atoms with van der Waals surface area (Å²) in [6.45, 7) is 3.42. The van der Waals surface area contributed by atoms with Gasteiger partial charge >= 0.3 is 0 Å². The molecule has 1 heterocycles. The number of benzene rings is 1. The molecular formula is C14H11FN2OS. The van der Waals surface area contributed by atoms with Gasteiger partial charge in [-0.3, -0.25) is 4.79 Å². The van der Waals surface area contributed by atoms with E-state index in [-0.39, 0.29) is 5.56 Å². The van der Waals surface area contributed by atoms with Crippen LogP contribution in [0.4, 0.5) is 4.39 Å². The van der Waals surface area contributed by atoms with Crippen molar-refractivity contribution in [2.24, 2.45) is 0 Å². The average Bonchev–Trinajstić information content (AvgIpc) is 2.80. The Morgan fingerprint density at radius 1 is 1.47 bits per heavy atom. The number of carbonyl (C=O) groups excluding carboxylic acids is 1. The molecular weight excluding hydrogens is 263 g/mol. The number of aryl methyl sites for hydroxylation is 2. The summed E-state index contributed by atoms with van der Waals surface area (Å²) >= 11 is 1.26. The minimum Gasteiger partial charge on any atom is -0.292 e. The Labute approximate surface area is 114 Å². The molecule has 2 rings (SSSR count). The van der Waals surface area contributed by atoms with Gasteiger partial charge in [0.1, 0.15) is 10.8 Å². The first-order valence-corrected chi connectivity index (χ1v) is 6.53. The van der Waals surface area contributed by atoms with Gasteiger partial charge in [-0.1, -0.05) is 12.1 Å². The quantitative estimate of drug-likeness (QED) is 0.806. The zero-order chi connectivity index (χ0) is 14.0. The third-order valence-electron chi connectivity index (χ3n) is 2.73. The maximum atomic E-state index is 13.5. The van der Waals surface area contributed by atoms with Crippen LogP contribution < -0.4 is 0 Å². The van der Waals surface area contributed by atoms with Crippen LogP contribution >= 0.6 is 11.3 Å². The first kappa shape index (κ1) is 13.4. The smallest absolute Gasteiger partial charge is 0.187 e. The van der Waals surface area contributed by atoms with E-state index in [9.17, 15) is 9.18 Å². The molecule has 1 unspecified atom stereocenters. The first-order chi connectivity index (χ1) is 9.02. The van der Waals surface area contributed by atoms with Gasteiger partial charge in [0.15, 0.2) is 11.7 Å². The molecule has 0 saturated carbocycles. The second kappa shape index (κ2) is 5.29. The molecule has 1 aromatic heterocycles. The number of carbonyl (C=O) groups is 1. The number of hydrogen-bond acceptors (Lipinski definition) is 4. The number of nitriles is 1. The van der Waals surface area contributed by atoms with Crippen LogP contribution in [0.15, 0.2) is 23.6 Å². The molecule has 0 aliphatic rings. The highest BCUT2D eigenvalue weighted by molar-refractivity contribution is 7.10. The Hall–Kier alpha value is -2.06. The number of aromatic nitrogens is 1. The predicted molar refractivity (Wildman–Crippen MR) is 70.7 cm³/mol. The molecule has 0 bridgehead atoms. The van der Waals surface area contributed by atoms with E-state index in [1.165, 1.54) is 29.5 Å². The van der Waals surface area contributed by atoms with Crippen LogP contribution in [0.5, 0.6) is 0 Å². The number of thiazole rings is 1. The number of Topliss-reactive ketones (excluding diaryl/α,β-unsaturated/α-hetero) is 1. The zero-order valence-corrected chi connectivity index (χ0v) is 11.3. The topological polar surface area (TPSA) is 53.8 Å². The lowest BCUT2D eigenvalue weighted by atomic mass is 9.98. The van der Waals surface area contributed by atoms with Crippen LogP contribution in [0, 0.1) is 31.0 Å². The molecule has 1 atom stereocenters. The Bertz CT molecular complexity index is 672. The molecule has 2 aromatic rings. The van der Waals surface area contributed by atoms with Crippen LogP contribution in [0.25, 0.3) is 0 Å². The van der Waals surface area contributed by atoms with Gasteiger partial charge in [-0.15, -0.1) is 11.3 Å². The number of nitrogens with zero attached hydrogens (tertiary/aromatic N) is 2. The molecule has 0 amide bonds. The SMILES string of the molecule is Cc1csc(C(C#N)C(=O)c2ccc(C)c(F)c2)n1. The highest BCUT2D eigenvalue weighted by Gasteiger charge is 2.25. The van der Waals surface area contributed by atoms with Gasteiger partial charge in [-0.2, -0.15) is 5.26 Å². The lowest BCUT2D eigenvalue weighted by Crippen LogP contribution is -2.11. The Morgan fingerprint density at radius 3 is 2.74 bits per heavy atom. The standard InChI is InChI=1S/C14H11FN2OS/c1-8-3-4-10(5-12(8)15)13(18)11(6-16)14-17-9(2)7-19-14/h3-5,7,11H,1-2H3. The predicted octanol–water partition coefficient (Wildman–Crippen LogP) is 3.39. The van der Waals surface area contributed by atoms with Gasteiger partial charge in [-0.05, 0) is 25.5 Å². The molecule has 19 heavy (non-hydrogen) atoms. The van der Waals surface area contributed by atoms with Crippen molar-refractivity contribution in [3.05, 3.63) is 51.2 Å². The van der Waals surface area contributed by atoms with E-state index in [0.717, 1.165) is 5.69 Å². The third kappa shape index (κ3) is 2.69. The summed E-state index contributed by atoms with van der Waals surface area (Å²) in [6, 6.07) is 6.17. The number of hydrogen-bond donors (Lipinski definition) is 0. The Kier molecular flexibility index (Phi) is 3.72. The third-order valence-corrected chi connectivity index (χ3v) is 3.76. The Balaban J connectivity index is 2.36. The molecule has 0 aliphatic heterocycles. The van der Waals surface area contributed by atoms with Crippen molar-refractivity contribution in [1.82, 2.24) is 4.98 Å². The fourth-order valence-corrected chi connectivity index (χ4v) is 2.48. The summed E-state index contributed by atoms with van der Waals surface area (Å²) in [7, 11) is 0. The van der Waals surface area contributed by atoms with Crippen molar-refractivity contribution < 1.29 is 9.18 Å². The number of rotatable bonds is 3. The number of ketones is 1. The fraction of sp³-hybridized carbons (Fsp3) is 0.214. The van der Waals surface area contributed by atoms with Gasteiger partial charge in [-0.25, -0.2) is 9.37 Å². The lowest BCUT2D eigenvalue weighted by molar-refractivity contribution is 0.0978. The van der Waals surface area contributed by atoms with Crippen molar-refractivity contribution in [3.8, 4) is 6.07 Å². The molecule has 5 heteroatoms. The van der Waals surface area contributed by atoms with Crippen LogP contribution in [0.3, 0.4) is 0 Å². The van der Waals surface area contributed by atoms with E-state index in [1.54, 1.807) is 19.2 Å². The van der Waals surface area contributed by atoms with Gasteiger partial charge < -0.3 is 0 Å². The van der Waals surface area contributed by atoms with Gasteiger partial charge in [0, 0.05) is 16.6 Å². The van der Waals surface area contributed by atoms with Crippen LogP contribution in [-0.4, -0.2) is 10.8 Å². The van der Waals surface area contributed by atoms with E-state index in [4.69, 9.17) is 5.26 Å². The summed E-state index contributed by atoms with van der Waals surface area (Å²) in [5, 5.41) is 11.4. The van der Waals surface area contributed by atoms with E-state index in [2.05, 4.69) is 4.98 Å². The minimum absolute atomic E-state index is 0.197. The summed E-state index contributed by atoms with van der Waals surface area (Å²) in [5.41, 5.74) is 1.43. The largest absolute Gasteiger partial charge is 0.292 e. The molecule has 0 saturated heterocycles. The van der Waals surface area contributed by atoms with Crippen molar-refractivity contribution in [2.75, 3.05) is 0 Å². The normalized spacial score (nSPS) is 11.9. The van der Waals surface area contributed by atoms with E-state index >= 15 is 0 Å². The first-order valence-electron chi connectivity index (χ1n) is 5.65. The van der Waals surface area contributed by atoms with Crippen molar-refractivity contribution in [1.29, 1.82) is 5.26 Å². The van der Waals surface area contributed by atoms with Crippen molar-refractivity contribution >= 4 is 17.1 Å². The molecule has 0 spiro atoms. The van der Waals surface area contributed by atoms with Crippen LogP contribution in [0.1, 0.15) is 32.5 Å². The van der Waals surface area contributed by atoms with Crippen molar-refractivity contribution in [3.63, 3.8) is 0 Å². The van der Waals surface area contributed by atoms with Crippen LogP contribution in [-0.2, 0) is 0 Å². The van der Waals surface area contributed by atoms with Gasteiger partial charge in [0.25, 0.3) is 0 Å².